The highest BCUT2D eigenvalue weighted by molar-refractivity contribution is 5.93. The fourth-order valence-electron chi connectivity index (χ4n) is 1.07. The van der Waals surface area contributed by atoms with Crippen LogP contribution >= 0.6 is 0 Å². The van der Waals surface area contributed by atoms with Crippen molar-refractivity contribution < 1.29 is 9.53 Å². The lowest BCUT2D eigenvalue weighted by molar-refractivity contribution is 0.0931. The van der Waals surface area contributed by atoms with Crippen molar-refractivity contribution in [3.8, 4) is 0 Å². The molecule has 0 radical (unpaired) electrons. The van der Waals surface area contributed by atoms with Crippen LogP contribution in [0.5, 0.6) is 0 Å². The number of nitrogens with zero attached hydrogens (tertiary/aromatic N) is 1. The topological polar surface area (TPSA) is 51.2 Å². The number of rotatable bonds is 4. The van der Waals surface area contributed by atoms with Crippen LogP contribution in [-0.4, -0.2) is 31.2 Å². The standard InChI is InChI=1S/C10H14N2O2/c1-8-4-3-5-11-9(8)10(13)12-6-7-14-2/h3-5H,6-7H2,1-2H3,(H,12,13). The Balaban J connectivity index is 2.56. The van der Waals surface area contributed by atoms with Crippen LogP contribution in [0.15, 0.2) is 18.3 Å². The van der Waals surface area contributed by atoms with Gasteiger partial charge in [-0.15, -0.1) is 0 Å². The minimum atomic E-state index is -0.153. The third kappa shape index (κ3) is 2.81. The van der Waals surface area contributed by atoms with Gasteiger partial charge < -0.3 is 10.1 Å². The largest absolute Gasteiger partial charge is 0.383 e. The number of pyridine rings is 1. The predicted octanol–water partition coefficient (Wildman–Crippen LogP) is 0.766. The van der Waals surface area contributed by atoms with Gasteiger partial charge in [0.05, 0.1) is 6.61 Å². The molecule has 76 valence electrons. The summed E-state index contributed by atoms with van der Waals surface area (Å²) in [4.78, 5) is 15.5. The Morgan fingerprint density at radius 1 is 1.64 bits per heavy atom. The number of hydrogen-bond donors (Lipinski definition) is 1. The van der Waals surface area contributed by atoms with Crippen molar-refractivity contribution in [1.29, 1.82) is 0 Å². The molecule has 1 aromatic rings. The summed E-state index contributed by atoms with van der Waals surface area (Å²) in [7, 11) is 1.60. The Bertz CT molecular complexity index is 313. The van der Waals surface area contributed by atoms with Crippen molar-refractivity contribution >= 4 is 5.91 Å². The average Bonchev–Trinajstić information content (AvgIpc) is 2.18. The maximum Gasteiger partial charge on any atom is 0.270 e. The molecule has 4 nitrogen and oxygen atoms in total. The number of carbonyl (C=O) groups is 1. The molecule has 0 bridgehead atoms. The van der Waals surface area contributed by atoms with Gasteiger partial charge in [0.2, 0.25) is 0 Å². The SMILES string of the molecule is COCCNC(=O)c1ncccc1C. The Morgan fingerprint density at radius 3 is 3.07 bits per heavy atom. The maximum atomic E-state index is 11.5. The van der Waals surface area contributed by atoms with Crippen LogP contribution in [0.2, 0.25) is 0 Å². The summed E-state index contributed by atoms with van der Waals surface area (Å²) in [5, 5.41) is 2.71. The van der Waals surface area contributed by atoms with Gasteiger partial charge in [0, 0.05) is 19.9 Å². The second-order valence-corrected chi connectivity index (χ2v) is 2.92. The molecular weight excluding hydrogens is 180 g/mol. The fourth-order valence-corrected chi connectivity index (χ4v) is 1.07. The monoisotopic (exact) mass is 194 g/mol. The molecule has 0 fully saturated rings. The molecule has 1 amide bonds. The molecule has 0 aliphatic rings. The van der Waals surface area contributed by atoms with Crippen molar-refractivity contribution in [3.63, 3.8) is 0 Å². The highest BCUT2D eigenvalue weighted by atomic mass is 16.5. The molecule has 0 aromatic carbocycles. The van der Waals surface area contributed by atoms with E-state index in [1.54, 1.807) is 19.4 Å². The van der Waals surface area contributed by atoms with Gasteiger partial charge in [-0.1, -0.05) is 6.07 Å². The third-order valence-corrected chi connectivity index (χ3v) is 1.82. The Labute approximate surface area is 83.3 Å². The van der Waals surface area contributed by atoms with E-state index in [2.05, 4.69) is 10.3 Å². The molecule has 1 rings (SSSR count). The second kappa shape index (κ2) is 5.34. The Kier molecular flexibility index (Phi) is 4.07. The number of aryl methyl sites for hydroxylation is 1. The number of methoxy groups -OCH3 is 1. The number of ether oxygens (including phenoxy) is 1. The molecule has 0 saturated carbocycles. The molecule has 0 aliphatic heterocycles. The van der Waals surface area contributed by atoms with Gasteiger partial charge in [-0.2, -0.15) is 0 Å². The molecular formula is C10H14N2O2. The minimum absolute atomic E-state index is 0.153. The lowest BCUT2D eigenvalue weighted by Crippen LogP contribution is -2.28. The quantitative estimate of drug-likeness (QED) is 0.720. The molecule has 0 spiro atoms. The van der Waals surface area contributed by atoms with Crippen LogP contribution in [-0.2, 0) is 4.74 Å². The molecule has 0 atom stereocenters. The van der Waals surface area contributed by atoms with E-state index in [4.69, 9.17) is 4.74 Å². The molecule has 0 saturated heterocycles. The number of nitrogens with one attached hydrogen (secondary N) is 1. The summed E-state index contributed by atoms with van der Waals surface area (Å²) in [6, 6.07) is 3.67. The smallest absolute Gasteiger partial charge is 0.270 e. The number of amides is 1. The fraction of sp³-hybridized carbons (Fsp3) is 0.400. The van der Waals surface area contributed by atoms with Crippen LogP contribution in [0.1, 0.15) is 16.1 Å². The van der Waals surface area contributed by atoms with Crippen molar-refractivity contribution in [1.82, 2.24) is 10.3 Å². The van der Waals surface area contributed by atoms with Crippen LogP contribution in [0, 0.1) is 6.92 Å². The van der Waals surface area contributed by atoms with Gasteiger partial charge in [-0.3, -0.25) is 9.78 Å². The van der Waals surface area contributed by atoms with E-state index in [1.807, 2.05) is 13.0 Å². The van der Waals surface area contributed by atoms with Crippen LogP contribution < -0.4 is 5.32 Å². The highest BCUT2D eigenvalue weighted by Gasteiger charge is 2.08. The molecule has 0 unspecified atom stereocenters. The zero-order chi connectivity index (χ0) is 10.4. The van der Waals surface area contributed by atoms with Crippen molar-refractivity contribution in [3.05, 3.63) is 29.6 Å². The first-order valence-electron chi connectivity index (χ1n) is 4.44. The van der Waals surface area contributed by atoms with E-state index in [1.165, 1.54) is 0 Å². The van der Waals surface area contributed by atoms with Gasteiger partial charge in [-0.05, 0) is 18.6 Å². The lowest BCUT2D eigenvalue weighted by atomic mass is 10.2. The molecule has 0 aliphatic carbocycles. The van der Waals surface area contributed by atoms with Crippen molar-refractivity contribution in [2.24, 2.45) is 0 Å². The predicted molar refractivity (Wildman–Crippen MR) is 53.2 cm³/mol. The summed E-state index contributed by atoms with van der Waals surface area (Å²) in [6.45, 7) is 2.88. The molecule has 14 heavy (non-hydrogen) atoms. The summed E-state index contributed by atoms with van der Waals surface area (Å²) in [5.41, 5.74) is 1.35. The van der Waals surface area contributed by atoms with Crippen molar-refractivity contribution in [2.75, 3.05) is 20.3 Å². The highest BCUT2D eigenvalue weighted by Crippen LogP contribution is 2.01. The Hall–Kier alpha value is -1.42. The van der Waals surface area contributed by atoms with E-state index in [9.17, 15) is 4.79 Å². The first kappa shape index (κ1) is 10.7. The summed E-state index contributed by atoms with van der Waals surface area (Å²) in [5.74, 6) is -0.153. The zero-order valence-electron chi connectivity index (χ0n) is 8.41. The van der Waals surface area contributed by atoms with E-state index in [-0.39, 0.29) is 5.91 Å². The van der Waals surface area contributed by atoms with Crippen LogP contribution in [0.3, 0.4) is 0 Å². The molecule has 1 heterocycles. The number of hydrogen-bond acceptors (Lipinski definition) is 3. The molecule has 1 N–H and O–H groups in total. The average molecular weight is 194 g/mol. The zero-order valence-corrected chi connectivity index (χ0v) is 8.41. The van der Waals surface area contributed by atoms with E-state index < -0.39 is 0 Å². The van der Waals surface area contributed by atoms with Gasteiger partial charge in [0.15, 0.2) is 0 Å². The first-order valence-corrected chi connectivity index (χ1v) is 4.44. The second-order valence-electron chi connectivity index (χ2n) is 2.92. The third-order valence-electron chi connectivity index (χ3n) is 1.82. The summed E-state index contributed by atoms with van der Waals surface area (Å²) < 4.78 is 4.82. The maximum absolute atomic E-state index is 11.5. The lowest BCUT2D eigenvalue weighted by Gasteiger charge is -2.05. The van der Waals surface area contributed by atoms with Gasteiger partial charge >= 0.3 is 0 Å². The molecule has 4 heteroatoms. The minimum Gasteiger partial charge on any atom is -0.383 e. The molecule has 1 aromatic heterocycles. The number of carbonyl (C=O) groups excluding carboxylic acids is 1. The summed E-state index contributed by atoms with van der Waals surface area (Å²) >= 11 is 0. The Morgan fingerprint density at radius 2 is 2.43 bits per heavy atom. The normalized spacial score (nSPS) is 9.86. The van der Waals surface area contributed by atoms with Crippen molar-refractivity contribution in [2.45, 2.75) is 6.92 Å². The van der Waals surface area contributed by atoms with Crippen LogP contribution in [0.25, 0.3) is 0 Å². The van der Waals surface area contributed by atoms with E-state index in [0.29, 0.717) is 18.8 Å². The van der Waals surface area contributed by atoms with E-state index >= 15 is 0 Å². The van der Waals surface area contributed by atoms with Gasteiger partial charge in [-0.25, -0.2) is 0 Å². The van der Waals surface area contributed by atoms with Gasteiger partial charge in [0.1, 0.15) is 5.69 Å². The first-order chi connectivity index (χ1) is 6.75. The number of aromatic nitrogens is 1. The van der Waals surface area contributed by atoms with E-state index in [0.717, 1.165) is 5.56 Å². The summed E-state index contributed by atoms with van der Waals surface area (Å²) in [6.07, 6.45) is 1.61. The van der Waals surface area contributed by atoms with Gasteiger partial charge in [0.25, 0.3) is 5.91 Å². The van der Waals surface area contributed by atoms with Crippen LogP contribution in [0.4, 0.5) is 0 Å².